The predicted molar refractivity (Wildman–Crippen MR) is 85.6 cm³/mol. The maximum absolute atomic E-state index is 13.8. The van der Waals surface area contributed by atoms with Gasteiger partial charge in [-0.15, -0.1) is 0 Å². The van der Waals surface area contributed by atoms with Gasteiger partial charge in [0.1, 0.15) is 11.6 Å². The maximum Gasteiger partial charge on any atom is 0.129 e. The van der Waals surface area contributed by atoms with Crippen LogP contribution in [0.4, 0.5) is 8.78 Å². The van der Waals surface area contributed by atoms with Crippen LogP contribution in [0, 0.1) is 11.6 Å². The molecule has 0 aliphatic rings. The van der Waals surface area contributed by atoms with Crippen LogP contribution in [0.5, 0.6) is 0 Å². The van der Waals surface area contributed by atoms with Crippen molar-refractivity contribution in [1.29, 1.82) is 0 Å². The second kappa shape index (κ2) is 7.34. The van der Waals surface area contributed by atoms with E-state index in [1.807, 2.05) is 19.1 Å². The van der Waals surface area contributed by atoms with Crippen LogP contribution in [0.2, 0.25) is 5.02 Å². The molecule has 0 amide bonds. The number of rotatable bonds is 5. The fraction of sp³-hybridized carbons (Fsp3) is 0.250. The fourth-order valence-corrected chi connectivity index (χ4v) is 2.88. The van der Waals surface area contributed by atoms with Gasteiger partial charge < -0.3 is 5.32 Å². The zero-order valence-electron chi connectivity index (χ0n) is 11.5. The van der Waals surface area contributed by atoms with E-state index in [0.29, 0.717) is 11.6 Å². The van der Waals surface area contributed by atoms with Gasteiger partial charge in [-0.25, -0.2) is 8.78 Å². The van der Waals surface area contributed by atoms with Gasteiger partial charge in [-0.2, -0.15) is 0 Å². The zero-order chi connectivity index (χ0) is 15.4. The minimum atomic E-state index is -0.538. The van der Waals surface area contributed by atoms with Crippen molar-refractivity contribution in [1.82, 2.24) is 5.32 Å². The van der Waals surface area contributed by atoms with Gasteiger partial charge in [0, 0.05) is 21.1 Å². The zero-order valence-corrected chi connectivity index (χ0v) is 13.8. The lowest BCUT2D eigenvalue weighted by Gasteiger charge is -2.20. The molecule has 0 aliphatic carbocycles. The lowest BCUT2D eigenvalue weighted by atomic mass is 9.98. The first kappa shape index (κ1) is 16.4. The molecular formula is C16H15BrClF2N. The Morgan fingerprint density at radius 2 is 1.86 bits per heavy atom. The van der Waals surface area contributed by atoms with Crippen molar-refractivity contribution in [3.8, 4) is 0 Å². The van der Waals surface area contributed by atoms with Crippen molar-refractivity contribution in [3.63, 3.8) is 0 Å². The molecule has 1 nitrogen and oxygen atoms in total. The van der Waals surface area contributed by atoms with Crippen LogP contribution in [0.1, 0.15) is 24.1 Å². The van der Waals surface area contributed by atoms with Crippen LogP contribution >= 0.6 is 27.5 Å². The summed E-state index contributed by atoms with van der Waals surface area (Å²) in [6, 6.07) is 9.11. The molecule has 1 N–H and O–H groups in total. The largest absolute Gasteiger partial charge is 0.310 e. The minimum Gasteiger partial charge on any atom is -0.310 e. The van der Waals surface area contributed by atoms with Gasteiger partial charge in [0.2, 0.25) is 0 Å². The van der Waals surface area contributed by atoms with Crippen LogP contribution in [-0.4, -0.2) is 6.54 Å². The highest BCUT2D eigenvalue weighted by Crippen LogP contribution is 2.30. The third-order valence-corrected chi connectivity index (χ3v) is 4.09. The van der Waals surface area contributed by atoms with Crippen molar-refractivity contribution in [3.05, 3.63) is 68.7 Å². The third kappa shape index (κ3) is 4.02. The second-order valence-electron chi connectivity index (χ2n) is 4.68. The average Bonchev–Trinajstić information content (AvgIpc) is 2.44. The summed E-state index contributed by atoms with van der Waals surface area (Å²) in [4.78, 5) is 0. The number of hydrogen-bond acceptors (Lipinski definition) is 1. The molecule has 0 radical (unpaired) electrons. The van der Waals surface area contributed by atoms with Crippen LogP contribution < -0.4 is 5.32 Å². The van der Waals surface area contributed by atoms with Crippen LogP contribution in [0.25, 0.3) is 0 Å². The Morgan fingerprint density at radius 3 is 2.48 bits per heavy atom. The SMILES string of the molecule is CCNC(Cc1c(F)cccc1F)c1cc(Br)ccc1Cl. The molecule has 0 saturated heterocycles. The Balaban J connectivity index is 2.38. The van der Waals surface area contributed by atoms with E-state index in [-0.39, 0.29) is 18.0 Å². The molecule has 5 heteroatoms. The van der Waals surface area contributed by atoms with Gasteiger partial charge in [-0.3, -0.25) is 0 Å². The average molecular weight is 375 g/mol. The molecule has 0 aliphatic heterocycles. The van der Waals surface area contributed by atoms with E-state index in [1.165, 1.54) is 18.2 Å². The first-order valence-corrected chi connectivity index (χ1v) is 7.81. The van der Waals surface area contributed by atoms with Crippen molar-refractivity contribution >= 4 is 27.5 Å². The number of likely N-dealkylation sites (N-methyl/N-ethyl adjacent to an activating group) is 1. The maximum atomic E-state index is 13.8. The van der Waals surface area contributed by atoms with Crippen LogP contribution in [0.15, 0.2) is 40.9 Å². The van der Waals surface area contributed by atoms with E-state index in [0.717, 1.165) is 10.0 Å². The lowest BCUT2D eigenvalue weighted by Crippen LogP contribution is -2.24. The fourth-order valence-electron chi connectivity index (χ4n) is 2.25. The van der Waals surface area contributed by atoms with E-state index in [1.54, 1.807) is 6.07 Å². The molecule has 0 heterocycles. The molecule has 2 aromatic carbocycles. The molecule has 0 spiro atoms. The van der Waals surface area contributed by atoms with Crippen molar-refractivity contribution in [2.45, 2.75) is 19.4 Å². The van der Waals surface area contributed by atoms with Crippen molar-refractivity contribution in [2.24, 2.45) is 0 Å². The normalized spacial score (nSPS) is 12.4. The molecular weight excluding hydrogens is 360 g/mol. The van der Waals surface area contributed by atoms with Gasteiger partial charge in [-0.1, -0.05) is 40.5 Å². The topological polar surface area (TPSA) is 12.0 Å². The number of benzene rings is 2. The quantitative estimate of drug-likeness (QED) is 0.751. The lowest BCUT2D eigenvalue weighted by molar-refractivity contribution is 0.499. The molecule has 112 valence electrons. The summed E-state index contributed by atoms with van der Waals surface area (Å²) in [6.45, 7) is 2.61. The Kier molecular flexibility index (Phi) is 5.73. The highest BCUT2D eigenvalue weighted by atomic mass is 79.9. The Bertz CT molecular complexity index is 613. The number of nitrogens with one attached hydrogen (secondary N) is 1. The molecule has 1 unspecified atom stereocenters. The van der Waals surface area contributed by atoms with Gasteiger partial charge in [-0.05, 0) is 48.9 Å². The van der Waals surface area contributed by atoms with Crippen LogP contribution in [-0.2, 0) is 6.42 Å². The third-order valence-electron chi connectivity index (χ3n) is 3.25. The number of halogens is 4. The second-order valence-corrected chi connectivity index (χ2v) is 6.00. The minimum absolute atomic E-state index is 0.0690. The predicted octanol–water partition coefficient (Wildman–Crippen LogP) is 5.27. The Hall–Kier alpha value is -0.970. The highest BCUT2D eigenvalue weighted by Gasteiger charge is 2.19. The van der Waals surface area contributed by atoms with E-state index < -0.39 is 11.6 Å². The summed E-state index contributed by atoms with van der Waals surface area (Å²) in [6.07, 6.45) is 0.197. The van der Waals surface area contributed by atoms with Crippen molar-refractivity contribution in [2.75, 3.05) is 6.54 Å². The molecule has 0 saturated carbocycles. The van der Waals surface area contributed by atoms with Crippen LogP contribution in [0.3, 0.4) is 0 Å². The number of hydrogen-bond donors (Lipinski definition) is 1. The smallest absolute Gasteiger partial charge is 0.129 e. The standard InChI is InChI=1S/C16H15BrClF2N/c1-2-21-16(11-8-10(17)6-7-13(11)18)9-12-14(19)4-3-5-15(12)20/h3-8,16,21H,2,9H2,1H3. The first-order valence-electron chi connectivity index (χ1n) is 6.64. The molecule has 0 aromatic heterocycles. The molecule has 21 heavy (non-hydrogen) atoms. The van der Waals surface area contributed by atoms with E-state index >= 15 is 0 Å². The molecule has 2 aromatic rings. The van der Waals surface area contributed by atoms with Gasteiger partial charge in [0.05, 0.1) is 0 Å². The van der Waals surface area contributed by atoms with Gasteiger partial charge in [0.25, 0.3) is 0 Å². The highest BCUT2D eigenvalue weighted by molar-refractivity contribution is 9.10. The summed E-state index contributed by atoms with van der Waals surface area (Å²) in [5.74, 6) is -1.08. The molecule has 1 atom stereocenters. The summed E-state index contributed by atoms with van der Waals surface area (Å²) in [7, 11) is 0. The summed E-state index contributed by atoms with van der Waals surface area (Å²) < 4.78 is 28.5. The van der Waals surface area contributed by atoms with E-state index in [4.69, 9.17) is 11.6 Å². The van der Waals surface area contributed by atoms with E-state index in [9.17, 15) is 8.78 Å². The Morgan fingerprint density at radius 1 is 1.19 bits per heavy atom. The van der Waals surface area contributed by atoms with Crippen molar-refractivity contribution < 1.29 is 8.78 Å². The summed E-state index contributed by atoms with van der Waals surface area (Å²) >= 11 is 9.62. The van der Waals surface area contributed by atoms with Gasteiger partial charge >= 0.3 is 0 Å². The van der Waals surface area contributed by atoms with E-state index in [2.05, 4.69) is 21.2 Å². The van der Waals surface area contributed by atoms with Gasteiger partial charge in [0.15, 0.2) is 0 Å². The summed E-state index contributed by atoms with van der Waals surface area (Å²) in [5, 5.41) is 3.80. The monoisotopic (exact) mass is 373 g/mol. The summed E-state index contributed by atoms with van der Waals surface area (Å²) in [5.41, 5.74) is 0.884. The molecule has 0 fully saturated rings. The first-order chi connectivity index (χ1) is 10.0. The molecule has 2 rings (SSSR count). The Labute approximate surface area is 136 Å². The molecule has 0 bridgehead atoms.